The van der Waals surface area contributed by atoms with Gasteiger partial charge in [-0.1, -0.05) is 31.7 Å². The highest BCUT2D eigenvalue weighted by Gasteiger charge is 2.39. The molecule has 0 saturated heterocycles. The lowest BCUT2D eigenvalue weighted by Crippen LogP contribution is -2.24. The Balaban J connectivity index is 1.88. The normalized spacial score (nSPS) is 17.0. The van der Waals surface area contributed by atoms with Crippen molar-refractivity contribution in [2.45, 2.75) is 56.1 Å². The molecule has 1 atom stereocenters. The minimum absolute atomic E-state index is 0.205. The molecule has 9 heteroatoms. The van der Waals surface area contributed by atoms with Crippen LogP contribution in [0.3, 0.4) is 0 Å². The van der Waals surface area contributed by atoms with Crippen LogP contribution in [-0.4, -0.2) is 26.2 Å². The molecular formula is C20H24F3N3O2S. The molecule has 0 bridgehead atoms. The molecule has 1 aromatic carbocycles. The minimum atomic E-state index is -4.68. The number of hydrogen-bond acceptors (Lipinski definition) is 3. The standard InChI is InChI=1S/C20H24F3N3O2S/c1-29(28)16-10-6-9-15(11-16)25-19(27)18-17(20(21,22)23)12-24-26(18)13-14-7-4-2-3-5-8-14/h6,9-12,14H,2-5,7-8,13H2,1H3,(H,25,27). The molecule has 0 spiro atoms. The summed E-state index contributed by atoms with van der Waals surface area (Å²) in [5, 5.41) is 6.41. The number of alkyl halides is 3. The maximum absolute atomic E-state index is 13.5. The molecule has 1 amide bonds. The van der Waals surface area contributed by atoms with Crippen molar-refractivity contribution in [3.05, 3.63) is 41.7 Å². The van der Waals surface area contributed by atoms with E-state index in [1.807, 2.05) is 0 Å². The molecule has 1 fully saturated rings. The van der Waals surface area contributed by atoms with Crippen LogP contribution in [0.5, 0.6) is 0 Å². The summed E-state index contributed by atoms with van der Waals surface area (Å²) in [4.78, 5) is 13.3. The molecule has 1 aliphatic rings. The molecule has 5 nitrogen and oxygen atoms in total. The number of amides is 1. The van der Waals surface area contributed by atoms with E-state index in [2.05, 4.69) is 10.4 Å². The van der Waals surface area contributed by atoms with E-state index in [0.717, 1.165) is 44.7 Å². The van der Waals surface area contributed by atoms with Gasteiger partial charge >= 0.3 is 6.18 Å². The lowest BCUT2D eigenvalue weighted by atomic mass is 10.0. The number of carbonyl (C=O) groups is 1. The maximum Gasteiger partial charge on any atom is 0.420 e. The summed E-state index contributed by atoms with van der Waals surface area (Å²) >= 11 is 0. The molecule has 1 N–H and O–H groups in total. The SMILES string of the molecule is CS(=O)c1cccc(NC(=O)c2c(C(F)(F)F)cnn2CC2CCCCCC2)c1. The predicted octanol–water partition coefficient (Wildman–Crippen LogP) is 4.86. The van der Waals surface area contributed by atoms with Crippen LogP contribution in [-0.2, 0) is 23.5 Å². The van der Waals surface area contributed by atoms with E-state index in [1.54, 1.807) is 18.2 Å². The quantitative estimate of drug-likeness (QED) is 0.693. The van der Waals surface area contributed by atoms with Crippen LogP contribution in [0.4, 0.5) is 18.9 Å². The van der Waals surface area contributed by atoms with Crippen molar-refractivity contribution in [2.75, 3.05) is 11.6 Å². The van der Waals surface area contributed by atoms with Gasteiger partial charge in [-0.25, -0.2) is 0 Å². The Hall–Kier alpha value is -2.16. The molecule has 1 heterocycles. The molecular weight excluding hydrogens is 403 g/mol. The van der Waals surface area contributed by atoms with Crippen molar-refractivity contribution in [1.82, 2.24) is 9.78 Å². The highest BCUT2D eigenvalue weighted by molar-refractivity contribution is 7.84. The van der Waals surface area contributed by atoms with E-state index in [9.17, 15) is 22.2 Å². The van der Waals surface area contributed by atoms with Crippen molar-refractivity contribution in [1.29, 1.82) is 0 Å². The Labute approximate surface area is 170 Å². The monoisotopic (exact) mass is 427 g/mol. The third-order valence-corrected chi connectivity index (χ3v) is 6.11. The highest BCUT2D eigenvalue weighted by Crippen LogP contribution is 2.33. The van der Waals surface area contributed by atoms with E-state index in [1.165, 1.54) is 17.0 Å². The van der Waals surface area contributed by atoms with Crippen molar-refractivity contribution in [3.8, 4) is 0 Å². The molecule has 1 aliphatic carbocycles. The van der Waals surface area contributed by atoms with Gasteiger partial charge in [-0.15, -0.1) is 0 Å². The Morgan fingerprint density at radius 3 is 2.55 bits per heavy atom. The first-order chi connectivity index (χ1) is 13.8. The lowest BCUT2D eigenvalue weighted by molar-refractivity contribution is -0.138. The fraction of sp³-hybridized carbons (Fsp3) is 0.500. The zero-order valence-corrected chi connectivity index (χ0v) is 17.0. The second kappa shape index (κ2) is 9.11. The summed E-state index contributed by atoms with van der Waals surface area (Å²) in [6.45, 7) is 0.290. The van der Waals surface area contributed by atoms with Gasteiger partial charge in [-0.2, -0.15) is 18.3 Å². The van der Waals surface area contributed by atoms with Crippen molar-refractivity contribution < 1.29 is 22.2 Å². The first-order valence-corrected chi connectivity index (χ1v) is 11.2. The van der Waals surface area contributed by atoms with Crippen LogP contribution < -0.4 is 5.32 Å². The smallest absolute Gasteiger partial charge is 0.321 e. The molecule has 0 radical (unpaired) electrons. The molecule has 1 saturated carbocycles. The number of rotatable bonds is 5. The topological polar surface area (TPSA) is 64.0 Å². The molecule has 29 heavy (non-hydrogen) atoms. The lowest BCUT2D eigenvalue weighted by Gasteiger charge is -2.17. The van der Waals surface area contributed by atoms with Crippen LogP contribution in [0.25, 0.3) is 0 Å². The first kappa shape index (κ1) is 21.5. The Morgan fingerprint density at radius 1 is 1.24 bits per heavy atom. The van der Waals surface area contributed by atoms with Gasteiger partial charge in [0.2, 0.25) is 0 Å². The van der Waals surface area contributed by atoms with Gasteiger partial charge in [0.15, 0.2) is 0 Å². The third kappa shape index (κ3) is 5.46. The van der Waals surface area contributed by atoms with Gasteiger partial charge in [0.05, 0.1) is 6.20 Å². The van der Waals surface area contributed by atoms with Crippen LogP contribution >= 0.6 is 0 Å². The summed E-state index contributed by atoms with van der Waals surface area (Å²) in [5.74, 6) is -0.668. The van der Waals surface area contributed by atoms with Crippen molar-refractivity contribution in [2.24, 2.45) is 5.92 Å². The van der Waals surface area contributed by atoms with Gasteiger partial charge < -0.3 is 5.32 Å². The number of benzene rings is 1. The Kier molecular flexibility index (Phi) is 6.77. The second-order valence-corrected chi connectivity index (χ2v) is 8.76. The van der Waals surface area contributed by atoms with Gasteiger partial charge in [0, 0.05) is 34.2 Å². The second-order valence-electron chi connectivity index (χ2n) is 7.38. The fourth-order valence-electron chi connectivity index (χ4n) is 3.70. The van der Waals surface area contributed by atoms with Crippen molar-refractivity contribution in [3.63, 3.8) is 0 Å². The molecule has 1 aromatic heterocycles. The average Bonchev–Trinajstić information content (AvgIpc) is 2.91. The van der Waals surface area contributed by atoms with E-state index < -0.39 is 34.1 Å². The molecule has 3 rings (SSSR count). The summed E-state index contributed by atoms with van der Waals surface area (Å²) < 4.78 is 53.3. The van der Waals surface area contributed by atoms with Crippen molar-refractivity contribution >= 4 is 22.4 Å². The number of aromatic nitrogens is 2. The molecule has 0 aliphatic heterocycles. The predicted molar refractivity (Wildman–Crippen MR) is 105 cm³/mol. The summed E-state index contributed by atoms with van der Waals surface area (Å²) in [7, 11) is -1.27. The number of carbonyl (C=O) groups excluding carboxylic acids is 1. The minimum Gasteiger partial charge on any atom is -0.321 e. The van der Waals surface area contributed by atoms with Gasteiger partial charge in [0.25, 0.3) is 5.91 Å². The Morgan fingerprint density at radius 2 is 1.93 bits per heavy atom. The summed E-state index contributed by atoms with van der Waals surface area (Å²) in [6.07, 6.45) is 3.73. The number of anilines is 1. The van der Waals surface area contributed by atoms with E-state index in [-0.39, 0.29) is 18.2 Å². The zero-order chi connectivity index (χ0) is 21.0. The summed E-state index contributed by atoms with van der Waals surface area (Å²) in [5.41, 5.74) is -1.23. The fourth-order valence-corrected chi connectivity index (χ4v) is 4.27. The molecule has 158 valence electrons. The van der Waals surface area contributed by atoms with E-state index in [4.69, 9.17) is 0 Å². The third-order valence-electron chi connectivity index (χ3n) is 5.19. The van der Waals surface area contributed by atoms with E-state index in [0.29, 0.717) is 4.90 Å². The highest BCUT2D eigenvalue weighted by atomic mass is 32.2. The van der Waals surface area contributed by atoms with Gasteiger partial charge in [0.1, 0.15) is 11.3 Å². The average molecular weight is 427 g/mol. The summed E-state index contributed by atoms with van der Waals surface area (Å²) in [6, 6.07) is 6.27. The van der Waals surface area contributed by atoms with E-state index >= 15 is 0 Å². The Bertz CT molecular complexity index is 887. The van der Waals surface area contributed by atoms with Crippen LogP contribution in [0.2, 0.25) is 0 Å². The number of halogens is 3. The van der Waals surface area contributed by atoms with Gasteiger partial charge in [-0.3, -0.25) is 13.7 Å². The number of nitrogens with zero attached hydrogens (tertiary/aromatic N) is 2. The van der Waals surface area contributed by atoms with Crippen LogP contribution in [0.15, 0.2) is 35.4 Å². The maximum atomic E-state index is 13.5. The first-order valence-electron chi connectivity index (χ1n) is 9.63. The van der Waals surface area contributed by atoms with Crippen LogP contribution in [0, 0.1) is 5.92 Å². The van der Waals surface area contributed by atoms with Crippen LogP contribution in [0.1, 0.15) is 54.6 Å². The van der Waals surface area contributed by atoms with Gasteiger partial charge in [-0.05, 0) is 37.0 Å². The molecule has 1 unspecified atom stereocenters. The zero-order valence-electron chi connectivity index (χ0n) is 16.2. The molecule has 2 aromatic rings. The number of hydrogen-bond donors (Lipinski definition) is 1. The largest absolute Gasteiger partial charge is 0.420 e. The number of nitrogens with one attached hydrogen (secondary N) is 1.